The lowest BCUT2D eigenvalue weighted by atomic mass is 9.88. The summed E-state index contributed by atoms with van der Waals surface area (Å²) in [6, 6.07) is 4.27. The molecule has 0 radical (unpaired) electrons. The van der Waals surface area contributed by atoms with E-state index in [2.05, 4.69) is 0 Å². The first kappa shape index (κ1) is 26.7. The number of rotatable bonds is 9. The number of carbonyl (C=O) groups excluding carboxylic acids is 3. The van der Waals surface area contributed by atoms with Crippen molar-refractivity contribution in [3.05, 3.63) is 34.9 Å². The van der Waals surface area contributed by atoms with Crippen molar-refractivity contribution >= 4 is 17.9 Å². The van der Waals surface area contributed by atoms with Gasteiger partial charge in [-0.1, -0.05) is 6.42 Å². The molecule has 9 nitrogen and oxygen atoms in total. The highest BCUT2D eigenvalue weighted by Gasteiger charge is 2.45. The van der Waals surface area contributed by atoms with Crippen LogP contribution in [0.25, 0.3) is 0 Å². The number of benzene rings is 1. The van der Waals surface area contributed by atoms with Gasteiger partial charge in [-0.2, -0.15) is 0 Å². The maximum Gasteiger partial charge on any atom is 0.338 e. The summed E-state index contributed by atoms with van der Waals surface area (Å²) in [7, 11) is 0. The smallest absolute Gasteiger partial charge is 0.338 e. The van der Waals surface area contributed by atoms with Gasteiger partial charge in [0.15, 0.2) is 0 Å². The van der Waals surface area contributed by atoms with Gasteiger partial charge in [0, 0.05) is 0 Å². The van der Waals surface area contributed by atoms with E-state index in [4.69, 9.17) is 23.7 Å². The molecule has 2 heterocycles. The summed E-state index contributed by atoms with van der Waals surface area (Å²) in [5, 5.41) is 9.92. The van der Waals surface area contributed by atoms with Crippen molar-refractivity contribution in [1.29, 1.82) is 0 Å². The predicted molar refractivity (Wildman–Crippen MR) is 137 cm³/mol. The van der Waals surface area contributed by atoms with E-state index in [1.54, 1.807) is 0 Å². The molecular formula is C30H38O9. The zero-order valence-electron chi connectivity index (χ0n) is 22.3. The number of hydrogen-bond donors (Lipinski definition) is 1. The molecule has 6 rings (SSSR count). The Morgan fingerprint density at radius 1 is 0.615 bits per heavy atom. The average molecular weight is 543 g/mol. The molecule has 5 aliphatic rings. The Hall–Kier alpha value is -2.49. The number of esters is 3. The van der Waals surface area contributed by atoms with Gasteiger partial charge in [-0.15, -0.1) is 0 Å². The Labute approximate surface area is 228 Å². The van der Waals surface area contributed by atoms with Crippen molar-refractivity contribution in [2.24, 2.45) is 17.8 Å². The first-order valence-corrected chi connectivity index (χ1v) is 14.6. The van der Waals surface area contributed by atoms with Gasteiger partial charge in [-0.05, 0) is 93.7 Å². The summed E-state index contributed by atoms with van der Waals surface area (Å²) >= 11 is 0. The van der Waals surface area contributed by atoms with Gasteiger partial charge in [0.25, 0.3) is 0 Å². The SMILES string of the molecule is O=C(OCC1CCCC(O)C1)c1cc(C(=O)OCC2CCC3OC3C2)cc(C(=O)OCC2CCC3OC3C2)c1. The topological polar surface area (TPSA) is 124 Å². The van der Waals surface area contributed by atoms with Crippen molar-refractivity contribution in [1.82, 2.24) is 0 Å². The number of carbonyl (C=O) groups is 3. The van der Waals surface area contributed by atoms with Crippen LogP contribution in [0.15, 0.2) is 18.2 Å². The van der Waals surface area contributed by atoms with Gasteiger partial charge >= 0.3 is 17.9 Å². The van der Waals surface area contributed by atoms with Crippen molar-refractivity contribution < 1.29 is 43.2 Å². The minimum atomic E-state index is -0.618. The molecule has 1 aromatic rings. The number of epoxide rings is 2. The minimum absolute atomic E-state index is 0.0892. The van der Waals surface area contributed by atoms with E-state index in [0.717, 1.165) is 57.8 Å². The molecule has 212 valence electrons. The van der Waals surface area contributed by atoms with Crippen molar-refractivity contribution in [3.63, 3.8) is 0 Å². The second-order valence-corrected chi connectivity index (χ2v) is 12.1. The first-order chi connectivity index (χ1) is 18.9. The van der Waals surface area contributed by atoms with Crippen molar-refractivity contribution in [3.8, 4) is 0 Å². The molecule has 0 bridgehead atoms. The minimum Gasteiger partial charge on any atom is -0.462 e. The third kappa shape index (κ3) is 6.81. The molecule has 9 heteroatoms. The Morgan fingerprint density at radius 3 is 1.46 bits per heavy atom. The van der Waals surface area contributed by atoms with Crippen LogP contribution in [0.3, 0.4) is 0 Å². The van der Waals surface area contributed by atoms with Crippen LogP contribution in [0.2, 0.25) is 0 Å². The lowest BCUT2D eigenvalue weighted by molar-refractivity contribution is 0.0291. The molecular weight excluding hydrogens is 504 g/mol. The maximum absolute atomic E-state index is 13.0. The lowest BCUT2D eigenvalue weighted by Gasteiger charge is -2.25. The fourth-order valence-electron chi connectivity index (χ4n) is 6.50. The molecule has 8 unspecified atom stereocenters. The van der Waals surface area contributed by atoms with Crippen LogP contribution in [-0.4, -0.2) is 73.4 Å². The monoisotopic (exact) mass is 542 g/mol. The summed E-state index contributed by atoms with van der Waals surface area (Å²) < 4.78 is 27.9. The van der Waals surface area contributed by atoms with Crippen LogP contribution in [-0.2, 0) is 23.7 Å². The Balaban J connectivity index is 1.11. The molecule has 0 spiro atoms. The highest BCUT2D eigenvalue weighted by atomic mass is 16.6. The van der Waals surface area contributed by atoms with E-state index in [1.807, 2.05) is 0 Å². The number of aliphatic hydroxyl groups is 1. The van der Waals surface area contributed by atoms with Gasteiger partial charge in [0.1, 0.15) is 0 Å². The molecule has 3 saturated carbocycles. The van der Waals surface area contributed by atoms with E-state index >= 15 is 0 Å². The molecule has 0 amide bonds. The van der Waals surface area contributed by atoms with Crippen LogP contribution in [0.5, 0.6) is 0 Å². The molecule has 0 aromatic heterocycles. The van der Waals surface area contributed by atoms with Gasteiger partial charge in [0.05, 0.1) is 67.0 Å². The summed E-state index contributed by atoms with van der Waals surface area (Å²) in [4.78, 5) is 39.0. The number of ether oxygens (including phenoxy) is 5. The summed E-state index contributed by atoms with van der Waals surface area (Å²) in [6.45, 7) is 0.730. The highest BCUT2D eigenvalue weighted by Crippen LogP contribution is 2.40. The molecule has 3 aliphatic carbocycles. The molecule has 1 N–H and O–H groups in total. The van der Waals surface area contributed by atoms with E-state index in [-0.39, 0.29) is 72.6 Å². The van der Waals surface area contributed by atoms with Crippen LogP contribution in [0, 0.1) is 17.8 Å². The first-order valence-electron chi connectivity index (χ1n) is 14.6. The third-order valence-electron chi connectivity index (χ3n) is 8.97. The number of fused-ring (bicyclic) bond motifs is 2. The fraction of sp³-hybridized carbons (Fsp3) is 0.700. The predicted octanol–water partition coefficient (Wildman–Crippen LogP) is 3.84. The molecule has 5 fully saturated rings. The number of aliphatic hydroxyl groups excluding tert-OH is 1. The van der Waals surface area contributed by atoms with E-state index < -0.39 is 17.9 Å². The van der Waals surface area contributed by atoms with Gasteiger partial charge in [0.2, 0.25) is 0 Å². The second kappa shape index (κ2) is 11.6. The molecule has 1 aromatic carbocycles. The van der Waals surface area contributed by atoms with Crippen LogP contribution in [0.4, 0.5) is 0 Å². The van der Waals surface area contributed by atoms with Crippen LogP contribution >= 0.6 is 0 Å². The van der Waals surface area contributed by atoms with Gasteiger partial charge in [-0.3, -0.25) is 0 Å². The number of hydrogen-bond acceptors (Lipinski definition) is 9. The highest BCUT2D eigenvalue weighted by molar-refractivity contribution is 6.00. The summed E-state index contributed by atoms with van der Waals surface area (Å²) in [5.41, 5.74) is 0.340. The zero-order chi connectivity index (χ0) is 26.9. The fourth-order valence-corrected chi connectivity index (χ4v) is 6.50. The van der Waals surface area contributed by atoms with Gasteiger partial charge in [-0.25, -0.2) is 14.4 Å². The average Bonchev–Trinajstić information content (AvgIpc) is 3.87. The third-order valence-corrected chi connectivity index (χ3v) is 8.97. The van der Waals surface area contributed by atoms with E-state index in [0.29, 0.717) is 18.6 Å². The van der Waals surface area contributed by atoms with Gasteiger partial charge < -0.3 is 28.8 Å². The summed E-state index contributed by atoms with van der Waals surface area (Å²) in [5.74, 6) is -1.22. The molecule has 2 aliphatic heterocycles. The van der Waals surface area contributed by atoms with E-state index in [1.165, 1.54) is 18.2 Å². The van der Waals surface area contributed by atoms with E-state index in [9.17, 15) is 19.5 Å². The van der Waals surface area contributed by atoms with Crippen molar-refractivity contribution in [2.75, 3.05) is 19.8 Å². The molecule has 39 heavy (non-hydrogen) atoms. The Bertz CT molecular complexity index is 966. The molecule has 8 atom stereocenters. The van der Waals surface area contributed by atoms with Crippen molar-refractivity contribution in [2.45, 2.75) is 94.7 Å². The maximum atomic E-state index is 13.0. The zero-order valence-corrected chi connectivity index (χ0v) is 22.3. The lowest BCUT2D eigenvalue weighted by Crippen LogP contribution is -2.24. The molecule has 2 saturated heterocycles. The largest absolute Gasteiger partial charge is 0.462 e. The quantitative estimate of drug-likeness (QED) is 0.281. The Kier molecular flexibility index (Phi) is 7.91. The Morgan fingerprint density at radius 2 is 1.05 bits per heavy atom. The standard InChI is InChI=1S/C30H38O9/c31-23-3-1-2-17(8-23)14-35-28(32)20-11-21(29(33)36-15-18-4-6-24-26(9-18)38-24)13-22(12-20)30(34)37-16-19-5-7-25-27(10-19)39-25/h11-13,17-19,23-27,31H,1-10,14-16H2. The van der Waals surface area contributed by atoms with Crippen LogP contribution in [0.1, 0.15) is 95.3 Å². The normalized spacial score (nSPS) is 34.7. The summed E-state index contributed by atoms with van der Waals surface area (Å²) in [6.07, 6.45) is 9.71. The van der Waals surface area contributed by atoms with Crippen LogP contribution < -0.4 is 0 Å². The second-order valence-electron chi connectivity index (χ2n) is 12.1.